The van der Waals surface area contributed by atoms with Crippen molar-refractivity contribution in [3.05, 3.63) is 78.0 Å². The number of imidazole rings is 1. The highest BCUT2D eigenvalue weighted by atomic mass is 32.2. The molecular formula is C26H25FN4O2S. The van der Waals surface area contributed by atoms with E-state index >= 15 is 0 Å². The molecule has 34 heavy (non-hydrogen) atoms. The van der Waals surface area contributed by atoms with Gasteiger partial charge in [0.15, 0.2) is 5.16 Å². The Balaban J connectivity index is 1.46. The van der Waals surface area contributed by atoms with Crippen molar-refractivity contribution < 1.29 is 13.9 Å². The van der Waals surface area contributed by atoms with E-state index in [1.54, 1.807) is 25.4 Å². The molecule has 2 aromatic heterocycles. The number of benzene rings is 2. The number of halogens is 1. The average molecular weight is 477 g/mol. The third-order valence-corrected chi connectivity index (χ3v) is 6.53. The Hall–Kier alpha value is -3.23. The summed E-state index contributed by atoms with van der Waals surface area (Å²) in [6, 6.07) is 16.4. The maximum atomic E-state index is 13.6. The van der Waals surface area contributed by atoms with Crippen LogP contribution in [0.3, 0.4) is 0 Å². The van der Waals surface area contributed by atoms with Crippen LogP contribution in [0, 0.1) is 5.82 Å². The number of fused-ring (bicyclic) bond motifs is 1. The zero-order valence-corrected chi connectivity index (χ0v) is 19.9. The van der Waals surface area contributed by atoms with Crippen LogP contribution in [0.25, 0.3) is 22.6 Å². The summed E-state index contributed by atoms with van der Waals surface area (Å²) in [7, 11) is 1.66. The third-order valence-electron chi connectivity index (χ3n) is 5.96. The summed E-state index contributed by atoms with van der Waals surface area (Å²) in [4.78, 5) is 14.0. The first-order valence-electron chi connectivity index (χ1n) is 11.1. The summed E-state index contributed by atoms with van der Waals surface area (Å²) in [5.41, 5.74) is 4.49. The number of nitrogens with zero attached hydrogens (tertiary/aromatic N) is 4. The van der Waals surface area contributed by atoms with E-state index in [1.165, 1.54) is 23.9 Å². The molecule has 0 fully saturated rings. The largest absolute Gasteiger partial charge is 0.497 e. The number of aromatic nitrogens is 4. The second kappa shape index (κ2) is 9.95. The maximum absolute atomic E-state index is 13.6. The molecule has 8 heteroatoms. The van der Waals surface area contributed by atoms with Crippen molar-refractivity contribution in [2.24, 2.45) is 0 Å². The Morgan fingerprint density at radius 1 is 1.06 bits per heavy atom. The quantitative estimate of drug-likeness (QED) is 0.244. The Kier molecular flexibility index (Phi) is 6.60. The number of hydrogen-bond donors (Lipinski definition) is 0. The van der Waals surface area contributed by atoms with Crippen LogP contribution in [0.1, 0.15) is 23.9 Å². The minimum Gasteiger partial charge on any atom is -0.497 e. The fraction of sp³-hybridized carbons (Fsp3) is 0.269. The molecule has 0 amide bonds. The molecule has 6 nitrogen and oxygen atoms in total. The van der Waals surface area contributed by atoms with Gasteiger partial charge in [-0.2, -0.15) is 0 Å². The van der Waals surface area contributed by atoms with Gasteiger partial charge in [0.1, 0.15) is 17.4 Å². The molecule has 174 valence electrons. The van der Waals surface area contributed by atoms with Gasteiger partial charge in [0.25, 0.3) is 0 Å². The number of hydrogen-bond acceptors (Lipinski definition) is 6. The lowest BCUT2D eigenvalue weighted by molar-refractivity contribution is 0.0924. The fourth-order valence-electron chi connectivity index (χ4n) is 4.29. The zero-order valence-electron chi connectivity index (χ0n) is 19.1. The first-order valence-corrected chi connectivity index (χ1v) is 12.3. The highest BCUT2D eigenvalue weighted by molar-refractivity contribution is 7.98. The minimum absolute atomic E-state index is 0.137. The SMILES string of the molecule is COc1ccc(COC[C@H]2CCc3nc(-c4ccc(F)cc4)c(-c4ccnc(SC)n4)n32)cc1. The molecule has 4 aromatic rings. The smallest absolute Gasteiger partial charge is 0.187 e. The van der Waals surface area contributed by atoms with Crippen LogP contribution in [0.4, 0.5) is 4.39 Å². The Bertz CT molecular complexity index is 1280. The van der Waals surface area contributed by atoms with Crippen LogP contribution in [0.15, 0.2) is 66.0 Å². The molecule has 3 heterocycles. The molecule has 0 saturated carbocycles. The van der Waals surface area contributed by atoms with E-state index < -0.39 is 0 Å². The van der Waals surface area contributed by atoms with Gasteiger partial charge in [-0.25, -0.2) is 19.3 Å². The van der Waals surface area contributed by atoms with Crippen LogP contribution in [0.5, 0.6) is 5.75 Å². The van der Waals surface area contributed by atoms with Crippen molar-refractivity contribution in [1.82, 2.24) is 19.5 Å². The van der Waals surface area contributed by atoms with E-state index in [2.05, 4.69) is 9.55 Å². The molecule has 0 radical (unpaired) electrons. The van der Waals surface area contributed by atoms with Crippen LogP contribution in [-0.4, -0.2) is 39.5 Å². The molecule has 0 spiro atoms. The molecule has 1 aliphatic heterocycles. The van der Waals surface area contributed by atoms with E-state index in [0.29, 0.717) is 18.4 Å². The summed E-state index contributed by atoms with van der Waals surface area (Å²) in [6.07, 6.45) is 5.52. The molecule has 1 atom stereocenters. The number of rotatable bonds is 8. The van der Waals surface area contributed by atoms with Crippen molar-refractivity contribution in [3.63, 3.8) is 0 Å². The predicted molar refractivity (Wildman–Crippen MR) is 130 cm³/mol. The van der Waals surface area contributed by atoms with Crippen molar-refractivity contribution in [1.29, 1.82) is 0 Å². The lowest BCUT2D eigenvalue weighted by Gasteiger charge is -2.18. The summed E-state index contributed by atoms with van der Waals surface area (Å²) >= 11 is 1.50. The van der Waals surface area contributed by atoms with Crippen LogP contribution >= 0.6 is 11.8 Å². The number of ether oxygens (including phenoxy) is 2. The van der Waals surface area contributed by atoms with Gasteiger partial charge >= 0.3 is 0 Å². The molecule has 2 aromatic carbocycles. The van der Waals surface area contributed by atoms with E-state index in [4.69, 9.17) is 19.4 Å². The monoisotopic (exact) mass is 476 g/mol. The highest BCUT2D eigenvalue weighted by Crippen LogP contribution is 2.39. The summed E-state index contributed by atoms with van der Waals surface area (Å²) in [5.74, 6) is 1.56. The predicted octanol–water partition coefficient (Wildman–Crippen LogP) is 5.58. The maximum Gasteiger partial charge on any atom is 0.187 e. The van der Waals surface area contributed by atoms with E-state index in [9.17, 15) is 4.39 Å². The number of aryl methyl sites for hydroxylation is 1. The summed E-state index contributed by atoms with van der Waals surface area (Å²) in [6.45, 7) is 1.08. The fourth-order valence-corrected chi connectivity index (χ4v) is 4.65. The molecule has 0 bridgehead atoms. The van der Waals surface area contributed by atoms with Gasteiger partial charge in [-0.3, -0.25) is 0 Å². The zero-order chi connectivity index (χ0) is 23.5. The molecule has 0 unspecified atom stereocenters. The molecule has 1 aliphatic rings. The van der Waals surface area contributed by atoms with Gasteiger partial charge < -0.3 is 14.0 Å². The Morgan fingerprint density at radius 3 is 2.59 bits per heavy atom. The molecule has 0 N–H and O–H groups in total. The lowest BCUT2D eigenvalue weighted by atomic mass is 10.1. The van der Waals surface area contributed by atoms with E-state index in [-0.39, 0.29) is 11.9 Å². The van der Waals surface area contributed by atoms with Crippen LogP contribution < -0.4 is 4.74 Å². The molecule has 0 aliphatic carbocycles. The van der Waals surface area contributed by atoms with Crippen LogP contribution in [0.2, 0.25) is 0 Å². The minimum atomic E-state index is -0.270. The van der Waals surface area contributed by atoms with Gasteiger partial charge in [0.05, 0.1) is 43.4 Å². The number of thioether (sulfide) groups is 1. The Morgan fingerprint density at radius 2 is 1.85 bits per heavy atom. The summed E-state index contributed by atoms with van der Waals surface area (Å²) < 4.78 is 27.2. The topological polar surface area (TPSA) is 62.1 Å². The molecule has 5 rings (SSSR count). The van der Waals surface area contributed by atoms with Crippen molar-refractivity contribution >= 4 is 11.8 Å². The average Bonchev–Trinajstić information content (AvgIpc) is 3.45. The van der Waals surface area contributed by atoms with Gasteiger partial charge in [-0.15, -0.1) is 0 Å². The number of methoxy groups -OCH3 is 1. The van der Waals surface area contributed by atoms with E-state index in [0.717, 1.165) is 52.6 Å². The van der Waals surface area contributed by atoms with Gasteiger partial charge in [0.2, 0.25) is 0 Å². The second-order valence-corrected chi connectivity index (χ2v) is 8.86. The third kappa shape index (κ3) is 4.56. The van der Waals surface area contributed by atoms with Gasteiger partial charge in [-0.1, -0.05) is 23.9 Å². The second-order valence-electron chi connectivity index (χ2n) is 8.09. The molecular weight excluding hydrogens is 451 g/mol. The first-order chi connectivity index (χ1) is 16.7. The first kappa shape index (κ1) is 22.6. The lowest BCUT2D eigenvalue weighted by Crippen LogP contribution is -2.13. The van der Waals surface area contributed by atoms with Gasteiger partial charge in [-0.05, 0) is 60.7 Å². The molecule has 0 saturated heterocycles. The van der Waals surface area contributed by atoms with Crippen molar-refractivity contribution in [3.8, 4) is 28.4 Å². The highest BCUT2D eigenvalue weighted by Gasteiger charge is 2.31. The van der Waals surface area contributed by atoms with Crippen molar-refractivity contribution in [2.75, 3.05) is 20.0 Å². The van der Waals surface area contributed by atoms with Crippen molar-refractivity contribution in [2.45, 2.75) is 30.6 Å². The standard InChI is InChI=1S/C26H25FN4O2S/c1-32-21-10-3-17(4-11-21)15-33-16-20-9-12-23-30-24(18-5-7-19(27)8-6-18)25(31(20)23)22-13-14-28-26(29-22)34-2/h3-8,10-11,13-14,20H,9,12,15-16H2,1-2H3/t20-/m1/s1. The van der Waals surface area contributed by atoms with Gasteiger partial charge in [0, 0.05) is 18.2 Å². The Labute approximate surface area is 202 Å². The summed E-state index contributed by atoms with van der Waals surface area (Å²) in [5, 5.41) is 0.698. The van der Waals surface area contributed by atoms with E-state index in [1.807, 2.05) is 36.6 Å². The van der Waals surface area contributed by atoms with Crippen LogP contribution in [-0.2, 0) is 17.8 Å². The normalized spacial score (nSPS) is 14.9.